The van der Waals surface area contributed by atoms with Crippen LogP contribution in [-0.4, -0.2) is 0 Å². The van der Waals surface area contributed by atoms with Crippen molar-refractivity contribution in [3.63, 3.8) is 0 Å². The Morgan fingerprint density at radius 1 is 0.367 bits per heavy atom. The lowest BCUT2D eigenvalue weighted by molar-refractivity contribution is 0.672. The summed E-state index contributed by atoms with van der Waals surface area (Å²) < 4.78 is 162. The minimum absolute atomic E-state index is 0.0516. The van der Waals surface area contributed by atoms with Crippen LogP contribution >= 0.6 is 0 Å². The Hall–Kier alpha value is -7.94. The maximum atomic E-state index is 9.85. The lowest BCUT2D eigenvalue weighted by atomic mass is 9.91. The lowest BCUT2D eigenvalue weighted by Crippen LogP contribution is -2.10. The normalized spacial score (nSPS) is 15.3. The third kappa shape index (κ3) is 6.41. The number of hydrogen-bond donors (Lipinski definition) is 0. The smallest absolute Gasteiger partial charge is 0.143 e. The molecule has 2 heteroatoms. The molecule has 10 aromatic carbocycles. The molecule has 0 saturated carbocycles. The molecule has 0 aliphatic heterocycles. The second kappa shape index (κ2) is 15.1. The van der Waals surface area contributed by atoms with E-state index in [9.17, 15) is 11.0 Å². The zero-order valence-corrected chi connectivity index (χ0v) is 31.6. The first kappa shape index (κ1) is 21.7. The molecular weight excluding hydrogens is 727 g/mol. The monoisotopic (exact) mass is 782 g/mol. The van der Waals surface area contributed by atoms with Crippen molar-refractivity contribution < 1.29 is 27.7 Å². The van der Waals surface area contributed by atoms with E-state index >= 15 is 0 Å². The first-order valence-electron chi connectivity index (χ1n) is 27.6. The highest BCUT2D eigenvalue weighted by Crippen LogP contribution is 2.45. The Labute approximate surface area is 373 Å². The molecule has 1 heterocycles. The summed E-state index contributed by atoms with van der Waals surface area (Å²) in [5, 5.41) is 2.49. The number of fused-ring (bicyclic) bond motifs is 5. The van der Waals surface area contributed by atoms with Crippen molar-refractivity contribution in [2.75, 3.05) is 4.90 Å². The van der Waals surface area contributed by atoms with Crippen LogP contribution in [0.1, 0.15) is 23.3 Å². The van der Waals surface area contributed by atoms with Gasteiger partial charge in [-0.3, -0.25) is 0 Å². The molecule has 0 bridgehead atoms. The molecule has 60 heavy (non-hydrogen) atoms. The molecule has 282 valence electrons. The first-order valence-corrected chi connectivity index (χ1v) is 19.1. The molecule has 0 aliphatic carbocycles. The summed E-state index contributed by atoms with van der Waals surface area (Å²) in [5.74, 6) is 0. The molecule has 2 nitrogen and oxygen atoms in total. The van der Waals surface area contributed by atoms with Crippen LogP contribution in [0.5, 0.6) is 0 Å². The SMILES string of the molecule is [2H]c1c([2H])c([2H])c(-c2c([2H])c([2H])c(-c3c([2H])c([2H])c(N(c4c([2H])c([2H])c(-c5ccc(-c6ccccc6)c(-c6ccccc6)c5)c([2H])c4[2H])c4cccc5oc6c7ccccc7ccc6c45)c([2H])c3[2H])c([2H])c2[2H])c([2H])c1[2H]. The van der Waals surface area contributed by atoms with Gasteiger partial charge in [0.05, 0.1) is 34.4 Å². The van der Waals surface area contributed by atoms with Gasteiger partial charge in [0.25, 0.3) is 0 Å². The molecule has 11 rings (SSSR count). The molecule has 0 unspecified atom stereocenters. The molecule has 0 atom stereocenters. The third-order valence-corrected chi connectivity index (χ3v) is 10.4. The second-order valence-corrected chi connectivity index (χ2v) is 13.9. The van der Waals surface area contributed by atoms with Crippen LogP contribution in [0.15, 0.2) is 241 Å². The van der Waals surface area contributed by atoms with E-state index in [1.54, 1.807) is 30.3 Å². The molecule has 0 N–H and O–H groups in total. The van der Waals surface area contributed by atoms with Crippen molar-refractivity contribution in [2.45, 2.75) is 0 Å². The van der Waals surface area contributed by atoms with E-state index in [-0.39, 0.29) is 11.3 Å². The van der Waals surface area contributed by atoms with E-state index in [0.29, 0.717) is 27.5 Å². The number of nitrogens with zero attached hydrogens (tertiary/aromatic N) is 1. The summed E-state index contributed by atoms with van der Waals surface area (Å²) in [6.07, 6.45) is 0. The standard InChI is InChI=1S/C58H39NO/c1-4-13-40(14-5-1)41-23-25-42(26-24-41)43-27-33-49(34-28-43)59(55-21-12-22-56-57(55)53-38-31-47-19-10-11-20-52(47)58(53)60-56)50-35-29-44(30-36-50)48-32-37-51(45-15-6-2-7-16-45)54(39-48)46-17-8-3-9-18-46/h1-39H/i1D,4D,5D,13D,14D,23D,24D,25D,26D,27D,28D,29D,30D,33D,34D,35D,36D. The van der Waals surface area contributed by atoms with E-state index in [2.05, 4.69) is 0 Å². The van der Waals surface area contributed by atoms with E-state index in [1.165, 1.54) is 0 Å². The largest absolute Gasteiger partial charge is 0.455 e. The summed E-state index contributed by atoms with van der Waals surface area (Å²) in [6, 6.07) is 27.7. The number of benzene rings is 10. The lowest BCUT2D eigenvalue weighted by Gasteiger charge is -2.26. The second-order valence-electron chi connectivity index (χ2n) is 13.9. The van der Waals surface area contributed by atoms with E-state index in [1.807, 2.05) is 103 Å². The number of rotatable bonds is 8. The van der Waals surface area contributed by atoms with Crippen LogP contribution in [0.4, 0.5) is 17.1 Å². The molecule has 0 radical (unpaired) electrons. The summed E-state index contributed by atoms with van der Waals surface area (Å²) in [7, 11) is 0. The van der Waals surface area contributed by atoms with Crippen LogP contribution in [0.2, 0.25) is 0 Å². The fraction of sp³-hybridized carbons (Fsp3) is 0. The molecule has 11 aromatic rings. The zero-order chi connectivity index (χ0) is 54.6. The zero-order valence-electron chi connectivity index (χ0n) is 48.6. The first-order chi connectivity index (χ1) is 36.8. The molecule has 0 spiro atoms. The van der Waals surface area contributed by atoms with Gasteiger partial charge >= 0.3 is 0 Å². The maximum absolute atomic E-state index is 9.85. The summed E-state index contributed by atoms with van der Waals surface area (Å²) in [4.78, 5) is 1.14. The van der Waals surface area contributed by atoms with Crippen molar-refractivity contribution in [3.8, 4) is 55.6 Å². The quantitative estimate of drug-likeness (QED) is 0.153. The van der Waals surface area contributed by atoms with Crippen molar-refractivity contribution in [1.29, 1.82) is 0 Å². The van der Waals surface area contributed by atoms with Gasteiger partial charge < -0.3 is 9.32 Å². The van der Waals surface area contributed by atoms with Gasteiger partial charge in [-0.15, -0.1) is 0 Å². The fourth-order valence-electron chi connectivity index (χ4n) is 7.54. The summed E-state index contributed by atoms with van der Waals surface area (Å²) in [5.41, 5.74) is 0.927. The number of furan rings is 1. The van der Waals surface area contributed by atoms with Crippen LogP contribution in [0.25, 0.3) is 88.3 Å². The average Bonchev–Trinajstić information content (AvgIpc) is 3.98. The van der Waals surface area contributed by atoms with Crippen LogP contribution in [0, 0.1) is 0 Å². The topological polar surface area (TPSA) is 16.4 Å². The molecule has 0 amide bonds. The highest BCUT2D eigenvalue weighted by molar-refractivity contribution is 6.19. The highest BCUT2D eigenvalue weighted by Gasteiger charge is 2.21. The van der Waals surface area contributed by atoms with Gasteiger partial charge in [-0.1, -0.05) is 188 Å². The van der Waals surface area contributed by atoms with Crippen molar-refractivity contribution in [2.24, 2.45) is 0 Å². The van der Waals surface area contributed by atoms with E-state index < -0.39 is 136 Å². The van der Waals surface area contributed by atoms with Gasteiger partial charge in [-0.25, -0.2) is 0 Å². The van der Waals surface area contributed by atoms with Gasteiger partial charge in [0.1, 0.15) is 11.2 Å². The molecule has 0 fully saturated rings. The highest BCUT2D eigenvalue weighted by atomic mass is 16.3. The van der Waals surface area contributed by atoms with E-state index in [4.69, 9.17) is 16.8 Å². The summed E-state index contributed by atoms with van der Waals surface area (Å²) in [6.45, 7) is 0. The van der Waals surface area contributed by atoms with Gasteiger partial charge in [0, 0.05) is 22.1 Å². The Morgan fingerprint density at radius 3 is 1.57 bits per heavy atom. The van der Waals surface area contributed by atoms with Crippen LogP contribution in [-0.2, 0) is 0 Å². The average molecular weight is 783 g/mol. The van der Waals surface area contributed by atoms with Crippen molar-refractivity contribution in [3.05, 3.63) is 236 Å². The summed E-state index contributed by atoms with van der Waals surface area (Å²) >= 11 is 0. The van der Waals surface area contributed by atoms with Crippen molar-refractivity contribution >= 4 is 49.8 Å². The molecule has 1 aromatic heterocycles. The number of hydrogen-bond acceptors (Lipinski definition) is 2. The predicted octanol–water partition coefficient (Wildman–Crippen LogP) is 16.5. The Balaban J connectivity index is 1.18. The molecule has 0 aliphatic rings. The van der Waals surface area contributed by atoms with Crippen LogP contribution in [0.3, 0.4) is 0 Å². The van der Waals surface area contributed by atoms with Crippen LogP contribution < -0.4 is 4.90 Å². The predicted molar refractivity (Wildman–Crippen MR) is 253 cm³/mol. The van der Waals surface area contributed by atoms with Gasteiger partial charge in [-0.05, 0) is 109 Å². The van der Waals surface area contributed by atoms with Gasteiger partial charge in [0.2, 0.25) is 0 Å². The minimum atomic E-state index is -0.887. The van der Waals surface area contributed by atoms with Gasteiger partial charge in [-0.2, -0.15) is 0 Å². The van der Waals surface area contributed by atoms with Gasteiger partial charge in [0.15, 0.2) is 0 Å². The minimum Gasteiger partial charge on any atom is -0.455 e. The Bertz CT molecular complexity index is 4200. The van der Waals surface area contributed by atoms with Crippen molar-refractivity contribution in [1.82, 2.24) is 0 Å². The molecular formula is C58H39NO. The molecule has 0 saturated heterocycles. The maximum Gasteiger partial charge on any atom is 0.143 e. The third-order valence-electron chi connectivity index (χ3n) is 10.4. The Morgan fingerprint density at radius 2 is 0.917 bits per heavy atom. The fourth-order valence-corrected chi connectivity index (χ4v) is 7.54. The van der Waals surface area contributed by atoms with E-state index in [0.717, 1.165) is 37.9 Å². The Kier molecular flexibility index (Phi) is 5.46. The number of anilines is 3.